The third kappa shape index (κ3) is 4.56. The van der Waals surface area contributed by atoms with Gasteiger partial charge in [-0.25, -0.2) is 0 Å². The molecule has 4 nitrogen and oxygen atoms in total. The molecular weight excluding hydrogens is 264 g/mol. The van der Waals surface area contributed by atoms with Crippen molar-refractivity contribution >= 4 is 0 Å². The van der Waals surface area contributed by atoms with Crippen molar-refractivity contribution in [3.05, 3.63) is 59.7 Å². The molecule has 0 radical (unpaired) electrons. The fraction of sp³-hybridized carbons (Fsp3) is 0.176. The maximum Gasteiger partial charge on any atom is 0.122 e. The van der Waals surface area contributed by atoms with Crippen molar-refractivity contribution in [1.29, 1.82) is 10.5 Å². The molecule has 0 spiro atoms. The summed E-state index contributed by atoms with van der Waals surface area (Å²) in [5.41, 5.74) is 1.58. The molecule has 0 heterocycles. The standard InChI is InChI=1S/C17H14N2O2/c18-10-9-14-1-5-16(6-2-14)20-11-12-21-17-7-3-15(13-19)4-8-17/h1-8H,9,11-12H2. The van der Waals surface area contributed by atoms with E-state index in [1.54, 1.807) is 24.3 Å². The van der Waals surface area contributed by atoms with Crippen molar-refractivity contribution in [3.8, 4) is 23.6 Å². The summed E-state index contributed by atoms with van der Waals surface area (Å²) in [6.45, 7) is 0.851. The van der Waals surface area contributed by atoms with Crippen LogP contribution in [0.1, 0.15) is 11.1 Å². The van der Waals surface area contributed by atoms with Crippen molar-refractivity contribution in [2.75, 3.05) is 13.2 Å². The van der Waals surface area contributed by atoms with Crippen molar-refractivity contribution in [2.45, 2.75) is 6.42 Å². The molecule has 0 aromatic heterocycles. The van der Waals surface area contributed by atoms with Gasteiger partial charge in [0.15, 0.2) is 0 Å². The highest BCUT2D eigenvalue weighted by Crippen LogP contribution is 2.13. The van der Waals surface area contributed by atoms with Crippen LogP contribution in [0, 0.1) is 22.7 Å². The molecule has 0 unspecified atom stereocenters. The van der Waals surface area contributed by atoms with E-state index in [2.05, 4.69) is 12.1 Å². The molecule has 0 amide bonds. The van der Waals surface area contributed by atoms with Gasteiger partial charge in [-0.1, -0.05) is 12.1 Å². The summed E-state index contributed by atoms with van der Waals surface area (Å²) in [5, 5.41) is 17.3. The Kier molecular flexibility index (Phi) is 5.20. The van der Waals surface area contributed by atoms with Gasteiger partial charge in [-0.15, -0.1) is 0 Å². The zero-order valence-corrected chi connectivity index (χ0v) is 11.5. The predicted octanol–water partition coefficient (Wildman–Crippen LogP) is 3.08. The quantitative estimate of drug-likeness (QED) is 0.761. The molecule has 0 bridgehead atoms. The molecule has 0 fully saturated rings. The molecule has 0 aliphatic heterocycles. The van der Waals surface area contributed by atoms with Gasteiger partial charge in [-0.3, -0.25) is 0 Å². The lowest BCUT2D eigenvalue weighted by atomic mass is 10.2. The number of hydrogen-bond donors (Lipinski definition) is 0. The SMILES string of the molecule is N#CCc1ccc(OCCOc2ccc(C#N)cc2)cc1. The molecular formula is C17H14N2O2. The molecule has 0 saturated heterocycles. The molecule has 2 aromatic rings. The summed E-state index contributed by atoms with van der Waals surface area (Å²) in [6.07, 6.45) is 0.405. The lowest BCUT2D eigenvalue weighted by Crippen LogP contribution is -2.08. The molecule has 2 aromatic carbocycles. The molecule has 4 heteroatoms. The first-order chi connectivity index (χ1) is 10.3. The van der Waals surface area contributed by atoms with Crippen LogP contribution in [0.5, 0.6) is 11.5 Å². The van der Waals surface area contributed by atoms with Gasteiger partial charge >= 0.3 is 0 Å². The smallest absolute Gasteiger partial charge is 0.122 e. The van der Waals surface area contributed by atoms with Crippen molar-refractivity contribution in [2.24, 2.45) is 0 Å². The van der Waals surface area contributed by atoms with E-state index >= 15 is 0 Å². The summed E-state index contributed by atoms with van der Waals surface area (Å²) >= 11 is 0. The van der Waals surface area contributed by atoms with Crippen LogP contribution in [-0.4, -0.2) is 13.2 Å². The third-order valence-electron chi connectivity index (χ3n) is 2.81. The highest BCUT2D eigenvalue weighted by Gasteiger charge is 1.97. The van der Waals surface area contributed by atoms with Gasteiger partial charge in [-0.05, 0) is 42.0 Å². The first-order valence-electron chi connectivity index (χ1n) is 6.53. The first kappa shape index (κ1) is 14.4. The van der Waals surface area contributed by atoms with Gasteiger partial charge in [0.2, 0.25) is 0 Å². The van der Waals surface area contributed by atoms with E-state index in [9.17, 15) is 0 Å². The zero-order chi connectivity index (χ0) is 14.9. The fourth-order valence-corrected chi connectivity index (χ4v) is 1.74. The van der Waals surface area contributed by atoms with Crippen molar-refractivity contribution in [1.82, 2.24) is 0 Å². The number of nitriles is 2. The Morgan fingerprint density at radius 3 is 1.76 bits per heavy atom. The number of nitrogens with zero attached hydrogens (tertiary/aromatic N) is 2. The van der Waals surface area contributed by atoms with Crippen molar-refractivity contribution < 1.29 is 9.47 Å². The van der Waals surface area contributed by atoms with Crippen LogP contribution in [0.25, 0.3) is 0 Å². The van der Waals surface area contributed by atoms with Crippen molar-refractivity contribution in [3.63, 3.8) is 0 Å². The van der Waals surface area contributed by atoms with E-state index in [0.717, 1.165) is 11.3 Å². The second-order valence-electron chi connectivity index (χ2n) is 4.31. The molecule has 0 aliphatic carbocycles. The number of rotatable bonds is 6. The monoisotopic (exact) mass is 278 g/mol. The largest absolute Gasteiger partial charge is 0.490 e. The van der Waals surface area contributed by atoms with E-state index in [0.29, 0.717) is 30.9 Å². The normalized spacial score (nSPS) is 9.43. The van der Waals surface area contributed by atoms with Gasteiger partial charge in [0.25, 0.3) is 0 Å². The van der Waals surface area contributed by atoms with Crippen LogP contribution < -0.4 is 9.47 Å². The predicted molar refractivity (Wildman–Crippen MR) is 77.9 cm³/mol. The molecule has 0 aliphatic rings. The topological polar surface area (TPSA) is 66.0 Å². The lowest BCUT2D eigenvalue weighted by molar-refractivity contribution is 0.217. The molecule has 21 heavy (non-hydrogen) atoms. The first-order valence-corrected chi connectivity index (χ1v) is 6.53. The van der Waals surface area contributed by atoms with Crippen LogP contribution in [0.3, 0.4) is 0 Å². The summed E-state index contributed by atoms with van der Waals surface area (Å²) in [4.78, 5) is 0. The maximum absolute atomic E-state index is 8.69. The van der Waals surface area contributed by atoms with Gasteiger partial charge in [0, 0.05) is 0 Å². The Bertz CT molecular complexity index is 649. The Morgan fingerprint density at radius 1 is 0.762 bits per heavy atom. The fourth-order valence-electron chi connectivity index (χ4n) is 1.74. The maximum atomic E-state index is 8.69. The van der Waals surface area contributed by atoms with Gasteiger partial charge in [0.1, 0.15) is 24.7 Å². The van der Waals surface area contributed by atoms with Crippen LogP contribution in [0.15, 0.2) is 48.5 Å². The number of benzene rings is 2. The summed E-state index contributed by atoms with van der Waals surface area (Å²) in [5.74, 6) is 1.46. The van der Waals surface area contributed by atoms with E-state index in [4.69, 9.17) is 20.0 Å². The highest BCUT2D eigenvalue weighted by atomic mass is 16.5. The van der Waals surface area contributed by atoms with Gasteiger partial charge in [0.05, 0.1) is 24.1 Å². The zero-order valence-electron chi connectivity index (χ0n) is 11.5. The number of hydrogen-bond acceptors (Lipinski definition) is 4. The Hall–Kier alpha value is -2.98. The summed E-state index contributed by atoms with van der Waals surface area (Å²) < 4.78 is 11.1. The molecule has 2 rings (SSSR count). The van der Waals surface area contributed by atoms with Crippen LogP contribution >= 0.6 is 0 Å². The Balaban J connectivity index is 1.74. The lowest BCUT2D eigenvalue weighted by Gasteiger charge is -2.08. The second kappa shape index (κ2) is 7.57. The van der Waals surface area contributed by atoms with Gasteiger partial charge in [-0.2, -0.15) is 10.5 Å². The van der Waals surface area contributed by atoms with E-state index in [-0.39, 0.29) is 0 Å². The van der Waals surface area contributed by atoms with Crippen LogP contribution in [0.2, 0.25) is 0 Å². The summed E-state index contributed by atoms with van der Waals surface area (Å²) in [7, 11) is 0. The molecule has 0 N–H and O–H groups in total. The van der Waals surface area contributed by atoms with Gasteiger partial charge < -0.3 is 9.47 Å². The van der Waals surface area contributed by atoms with E-state index in [1.165, 1.54) is 0 Å². The average molecular weight is 278 g/mol. The van der Waals surface area contributed by atoms with E-state index in [1.807, 2.05) is 24.3 Å². The minimum Gasteiger partial charge on any atom is -0.490 e. The summed E-state index contributed by atoms with van der Waals surface area (Å²) in [6, 6.07) is 18.5. The highest BCUT2D eigenvalue weighted by molar-refractivity contribution is 5.34. The molecule has 104 valence electrons. The molecule has 0 saturated carbocycles. The molecule has 0 atom stereocenters. The Labute approximate surface area is 123 Å². The van der Waals surface area contributed by atoms with Crippen LogP contribution in [-0.2, 0) is 6.42 Å². The van der Waals surface area contributed by atoms with E-state index < -0.39 is 0 Å². The third-order valence-corrected chi connectivity index (χ3v) is 2.81. The number of ether oxygens (including phenoxy) is 2. The minimum atomic E-state index is 0.405. The minimum absolute atomic E-state index is 0.405. The van der Waals surface area contributed by atoms with Crippen LogP contribution in [0.4, 0.5) is 0 Å². The average Bonchev–Trinajstić information content (AvgIpc) is 2.54. The second-order valence-corrected chi connectivity index (χ2v) is 4.31. The Morgan fingerprint density at radius 2 is 1.29 bits per heavy atom.